The summed E-state index contributed by atoms with van der Waals surface area (Å²) in [5.41, 5.74) is 0.642. The third-order valence-corrected chi connectivity index (χ3v) is 5.41. The van der Waals surface area contributed by atoms with E-state index in [4.69, 9.17) is 4.74 Å². The van der Waals surface area contributed by atoms with Gasteiger partial charge in [0.25, 0.3) is 0 Å². The Balaban J connectivity index is 1.70. The third kappa shape index (κ3) is 5.40. The first-order chi connectivity index (χ1) is 14.0. The predicted molar refractivity (Wildman–Crippen MR) is 111 cm³/mol. The van der Waals surface area contributed by atoms with Gasteiger partial charge in [-0.05, 0) is 70.7 Å². The number of ether oxygens (including phenoxy) is 1. The molecular formula is C22H31F2N3O3. The normalized spacial score (nSPS) is 25.3. The number of rotatable bonds is 3. The molecule has 2 amide bonds. The van der Waals surface area contributed by atoms with Crippen molar-refractivity contribution in [3.05, 3.63) is 29.6 Å². The van der Waals surface area contributed by atoms with Gasteiger partial charge in [0.05, 0.1) is 6.04 Å². The number of piperidine rings is 2. The number of benzene rings is 1. The summed E-state index contributed by atoms with van der Waals surface area (Å²) in [6, 6.07) is 3.28. The van der Waals surface area contributed by atoms with Crippen molar-refractivity contribution < 1.29 is 23.1 Å². The number of anilines is 1. The van der Waals surface area contributed by atoms with Crippen LogP contribution in [0.2, 0.25) is 0 Å². The van der Waals surface area contributed by atoms with E-state index in [1.807, 2.05) is 0 Å². The average Bonchev–Trinajstić information content (AvgIpc) is 2.62. The zero-order chi connectivity index (χ0) is 22.1. The van der Waals surface area contributed by atoms with Crippen molar-refractivity contribution in [3.63, 3.8) is 0 Å². The molecule has 2 fully saturated rings. The van der Waals surface area contributed by atoms with Crippen molar-refractivity contribution in [3.8, 4) is 0 Å². The highest BCUT2D eigenvalue weighted by Crippen LogP contribution is 2.26. The monoisotopic (exact) mass is 423 g/mol. The molecule has 0 radical (unpaired) electrons. The summed E-state index contributed by atoms with van der Waals surface area (Å²) < 4.78 is 33.9. The van der Waals surface area contributed by atoms with Crippen LogP contribution in [-0.4, -0.2) is 65.3 Å². The molecule has 1 N–H and O–H groups in total. The molecule has 30 heavy (non-hydrogen) atoms. The number of nitrogens with zero attached hydrogens (tertiary/aromatic N) is 2. The van der Waals surface area contributed by atoms with Gasteiger partial charge in [0.1, 0.15) is 23.6 Å². The molecule has 1 aromatic carbocycles. The molecule has 3 atom stereocenters. The van der Waals surface area contributed by atoms with Gasteiger partial charge in [-0.2, -0.15) is 0 Å². The molecular weight excluding hydrogens is 392 g/mol. The van der Waals surface area contributed by atoms with Crippen LogP contribution in [-0.2, 0) is 9.53 Å². The topological polar surface area (TPSA) is 61.9 Å². The van der Waals surface area contributed by atoms with Gasteiger partial charge in [0.2, 0.25) is 5.91 Å². The quantitative estimate of drug-likeness (QED) is 0.801. The number of hydrogen-bond acceptors (Lipinski definition) is 4. The van der Waals surface area contributed by atoms with E-state index in [0.717, 1.165) is 5.56 Å². The lowest BCUT2D eigenvalue weighted by Gasteiger charge is -2.44. The first kappa shape index (κ1) is 22.3. The number of hydrogen-bond donors (Lipinski definition) is 1. The molecule has 3 unspecified atom stereocenters. The van der Waals surface area contributed by atoms with Gasteiger partial charge in [-0.25, -0.2) is 13.6 Å². The molecule has 0 bridgehead atoms. The molecule has 1 aromatic rings. The fraction of sp³-hybridized carbons (Fsp3) is 0.636. The Morgan fingerprint density at radius 3 is 2.60 bits per heavy atom. The Morgan fingerprint density at radius 2 is 1.93 bits per heavy atom. The van der Waals surface area contributed by atoms with E-state index in [1.165, 1.54) is 21.9 Å². The Kier molecular flexibility index (Phi) is 6.53. The molecule has 6 nitrogen and oxygen atoms in total. The molecule has 2 saturated heterocycles. The van der Waals surface area contributed by atoms with Crippen LogP contribution in [0.3, 0.4) is 0 Å². The van der Waals surface area contributed by atoms with Crippen LogP contribution in [0.15, 0.2) is 18.2 Å². The van der Waals surface area contributed by atoms with Crippen molar-refractivity contribution in [2.24, 2.45) is 0 Å². The van der Waals surface area contributed by atoms with Crippen molar-refractivity contribution in [2.75, 3.05) is 25.0 Å². The molecule has 2 heterocycles. The van der Waals surface area contributed by atoms with Gasteiger partial charge in [-0.15, -0.1) is 0 Å². The number of nitrogens with one attached hydrogen (secondary N) is 1. The SMILES string of the molecule is Cc1cc(F)cc(NC2CCCN(C3CN(C(=O)OC(C)(C)C)CCC3F)C2=O)c1. The predicted octanol–water partition coefficient (Wildman–Crippen LogP) is 3.88. The van der Waals surface area contributed by atoms with Crippen LogP contribution in [0.1, 0.15) is 45.6 Å². The van der Waals surface area contributed by atoms with Crippen molar-refractivity contribution in [1.82, 2.24) is 9.80 Å². The summed E-state index contributed by atoms with van der Waals surface area (Å²) in [7, 11) is 0. The fourth-order valence-corrected chi connectivity index (χ4v) is 4.07. The Labute approximate surface area is 176 Å². The van der Waals surface area contributed by atoms with E-state index in [1.54, 1.807) is 33.8 Å². The first-order valence-electron chi connectivity index (χ1n) is 10.5. The number of aryl methyl sites for hydroxylation is 1. The van der Waals surface area contributed by atoms with Gasteiger partial charge >= 0.3 is 6.09 Å². The van der Waals surface area contributed by atoms with Crippen LogP contribution < -0.4 is 5.32 Å². The molecule has 0 aliphatic carbocycles. The second kappa shape index (κ2) is 8.78. The minimum atomic E-state index is -1.21. The summed E-state index contributed by atoms with van der Waals surface area (Å²) in [6.07, 6.45) is -0.247. The highest BCUT2D eigenvalue weighted by atomic mass is 19.1. The summed E-state index contributed by atoms with van der Waals surface area (Å²) in [4.78, 5) is 28.6. The number of alkyl halides is 1. The first-order valence-corrected chi connectivity index (χ1v) is 10.5. The number of carbonyl (C=O) groups is 2. The minimum Gasteiger partial charge on any atom is -0.444 e. The van der Waals surface area contributed by atoms with Gasteiger partial charge in [-0.3, -0.25) is 4.79 Å². The molecule has 0 saturated carbocycles. The van der Waals surface area contributed by atoms with Gasteiger partial charge in [0, 0.05) is 25.3 Å². The highest BCUT2D eigenvalue weighted by molar-refractivity contribution is 5.86. The zero-order valence-electron chi connectivity index (χ0n) is 18.1. The lowest BCUT2D eigenvalue weighted by atomic mass is 9.96. The molecule has 2 aliphatic heterocycles. The summed E-state index contributed by atoms with van der Waals surface area (Å²) >= 11 is 0. The highest BCUT2D eigenvalue weighted by Gasteiger charge is 2.41. The summed E-state index contributed by atoms with van der Waals surface area (Å²) in [5.74, 6) is -0.594. The molecule has 166 valence electrons. The fourth-order valence-electron chi connectivity index (χ4n) is 4.07. The van der Waals surface area contributed by atoms with E-state index in [0.29, 0.717) is 25.1 Å². The van der Waals surface area contributed by atoms with E-state index in [2.05, 4.69) is 5.32 Å². The average molecular weight is 424 g/mol. The molecule has 0 spiro atoms. The van der Waals surface area contributed by atoms with Crippen LogP contribution in [0.25, 0.3) is 0 Å². The van der Waals surface area contributed by atoms with Crippen molar-refractivity contribution >= 4 is 17.7 Å². The van der Waals surface area contributed by atoms with Crippen molar-refractivity contribution in [2.45, 2.75) is 70.8 Å². The van der Waals surface area contributed by atoms with Gasteiger partial charge < -0.3 is 19.9 Å². The van der Waals surface area contributed by atoms with Gasteiger partial charge in [-0.1, -0.05) is 0 Å². The van der Waals surface area contributed by atoms with E-state index in [9.17, 15) is 18.4 Å². The molecule has 8 heteroatoms. The number of halogens is 2. The van der Waals surface area contributed by atoms with Crippen LogP contribution >= 0.6 is 0 Å². The Morgan fingerprint density at radius 1 is 1.20 bits per heavy atom. The lowest BCUT2D eigenvalue weighted by molar-refractivity contribution is -0.140. The summed E-state index contributed by atoms with van der Waals surface area (Å²) in [6.45, 7) is 7.93. The minimum absolute atomic E-state index is 0.105. The molecule has 0 aromatic heterocycles. The molecule has 2 aliphatic rings. The smallest absolute Gasteiger partial charge is 0.410 e. The van der Waals surface area contributed by atoms with Crippen LogP contribution in [0, 0.1) is 12.7 Å². The largest absolute Gasteiger partial charge is 0.444 e. The van der Waals surface area contributed by atoms with Crippen LogP contribution in [0.5, 0.6) is 0 Å². The van der Waals surface area contributed by atoms with E-state index >= 15 is 0 Å². The second-order valence-corrected chi connectivity index (χ2v) is 9.19. The maximum absolute atomic E-state index is 14.8. The molecule has 3 rings (SSSR count). The number of carbonyl (C=O) groups excluding carboxylic acids is 2. The Hall–Kier alpha value is -2.38. The second-order valence-electron chi connectivity index (χ2n) is 9.19. The van der Waals surface area contributed by atoms with E-state index < -0.39 is 29.9 Å². The van der Waals surface area contributed by atoms with Crippen LogP contribution in [0.4, 0.5) is 19.3 Å². The number of amides is 2. The lowest BCUT2D eigenvalue weighted by Crippen LogP contribution is -2.61. The maximum Gasteiger partial charge on any atom is 0.410 e. The maximum atomic E-state index is 14.8. The van der Waals surface area contributed by atoms with E-state index in [-0.39, 0.29) is 31.2 Å². The Bertz CT molecular complexity index is 776. The zero-order valence-corrected chi connectivity index (χ0v) is 18.1. The third-order valence-electron chi connectivity index (χ3n) is 5.41. The van der Waals surface area contributed by atoms with Gasteiger partial charge in [0.15, 0.2) is 0 Å². The van der Waals surface area contributed by atoms with Crippen molar-refractivity contribution in [1.29, 1.82) is 0 Å². The summed E-state index contributed by atoms with van der Waals surface area (Å²) in [5, 5.41) is 3.10. The number of likely N-dealkylation sites (tertiary alicyclic amines) is 2. The standard InChI is InChI=1S/C22H31F2N3O3/c1-14-10-15(23)12-16(11-14)25-18-6-5-8-27(20(18)28)19-13-26(9-7-17(19)24)21(29)30-22(2,3)4/h10-12,17-19,25H,5-9,13H2,1-4H3.